The van der Waals surface area contributed by atoms with E-state index in [1.807, 2.05) is 32.2 Å². The van der Waals surface area contributed by atoms with Gasteiger partial charge in [-0.2, -0.15) is 5.10 Å². The Bertz CT molecular complexity index is 1150. The molecule has 0 saturated heterocycles. The molecule has 0 radical (unpaired) electrons. The number of rotatable bonds is 5. The number of fused-ring (bicyclic) bond motifs is 1. The summed E-state index contributed by atoms with van der Waals surface area (Å²) in [7, 11) is 0. The molecular weight excluding hydrogens is 383 g/mol. The van der Waals surface area contributed by atoms with Crippen LogP contribution in [0.1, 0.15) is 42.1 Å². The lowest BCUT2D eigenvalue weighted by atomic mass is 9.36. The van der Waals surface area contributed by atoms with Gasteiger partial charge in [-0.25, -0.2) is 8.91 Å². The standard InChI is InChI=1S/C23H23FN4O2/c1-14-7-8-28-19(9-14)18(10-25-28)21(30)27-23-11-22(12-23,13-23)15(2)20(29)26-17-5-3-16(24)4-6-17/h3-10,15H,11-13H2,1-2H3,(H,26,29)(H,27,30). The molecule has 154 valence electrons. The van der Waals surface area contributed by atoms with Gasteiger partial charge in [-0.1, -0.05) is 6.92 Å². The van der Waals surface area contributed by atoms with E-state index in [9.17, 15) is 14.0 Å². The first-order chi connectivity index (χ1) is 14.3. The highest BCUT2D eigenvalue weighted by Gasteiger charge is 2.71. The van der Waals surface area contributed by atoms with E-state index in [4.69, 9.17) is 0 Å². The first kappa shape index (κ1) is 18.8. The lowest BCUT2D eigenvalue weighted by Crippen LogP contribution is -2.77. The number of nitrogens with zero attached hydrogens (tertiary/aromatic N) is 2. The van der Waals surface area contributed by atoms with Crippen molar-refractivity contribution in [3.63, 3.8) is 0 Å². The van der Waals surface area contributed by atoms with Crippen LogP contribution in [0.3, 0.4) is 0 Å². The molecule has 3 aliphatic rings. The Morgan fingerprint density at radius 3 is 2.57 bits per heavy atom. The van der Waals surface area contributed by atoms with E-state index in [1.54, 1.807) is 22.8 Å². The molecule has 30 heavy (non-hydrogen) atoms. The number of benzene rings is 1. The molecule has 1 atom stereocenters. The smallest absolute Gasteiger partial charge is 0.255 e. The summed E-state index contributed by atoms with van der Waals surface area (Å²) in [4.78, 5) is 25.5. The van der Waals surface area contributed by atoms with Crippen LogP contribution < -0.4 is 10.6 Å². The highest BCUT2D eigenvalue weighted by molar-refractivity contribution is 6.01. The molecular formula is C23H23FN4O2. The molecule has 0 spiro atoms. The lowest BCUT2D eigenvalue weighted by molar-refractivity contribution is -0.184. The maximum Gasteiger partial charge on any atom is 0.255 e. The number of carbonyl (C=O) groups is 2. The number of nitrogens with one attached hydrogen (secondary N) is 2. The van der Waals surface area contributed by atoms with E-state index in [2.05, 4.69) is 15.7 Å². The van der Waals surface area contributed by atoms with Crippen LogP contribution >= 0.6 is 0 Å². The Hall–Kier alpha value is -3.22. The molecule has 2 aromatic heterocycles. The van der Waals surface area contributed by atoms with Gasteiger partial charge in [0.15, 0.2) is 0 Å². The fourth-order valence-corrected chi connectivity index (χ4v) is 5.09. The second-order valence-corrected chi connectivity index (χ2v) is 8.94. The Morgan fingerprint density at radius 1 is 1.17 bits per heavy atom. The van der Waals surface area contributed by atoms with Gasteiger partial charge in [-0.05, 0) is 73.6 Å². The van der Waals surface area contributed by atoms with E-state index in [1.165, 1.54) is 12.1 Å². The molecule has 2 amide bonds. The van der Waals surface area contributed by atoms with Crippen LogP contribution in [0.4, 0.5) is 10.1 Å². The van der Waals surface area contributed by atoms with Crippen LogP contribution in [0, 0.1) is 24.1 Å². The lowest BCUT2D eigenvalue weighted by Gasteiger charge is -2.72. The molecule has 6 nitrogen and oxygen atoms in total. The van der Waals surface area contributed by atoms with Gasteiger partial charge in [0.05, 0.1) is 17.3 Å². The number of aromatic nitrogens is 2. The average molecular weight is 406 g/mol. The van der Waals surface area contributed by atoms with Crippen molar-refractivity contribution in [2.24, 2.45) is 11.3 Å². The molecule has 6 rings (SSSR count). The summed E-state index contributed by atoms with van der Waals surface area (Å²) >= 11 is 0. The molecule has 2 N–H and O–H groups in total. The first-order valence-electron chi connectivity index (χ1n) is 10.1. The van der Waals surface area contributed by atoms with E-state index >= 15 is 0 Å². The highest BCUT2D eigenvalue weighted by Crippen LogP contribution is 2.70. The second-order valence-electron chi connectivity index (χ2n) is 8.94. The van der Waals surface area contributed by atoms with Gasteiger partial charge in [-0.15, -0.1) is 0 Å². The van der Waals surface area contributed by atoms with E-state index in [-0.39, 0.29) is 34.5 Å². The Morgan fingerprint density at radius 2 is 1.87 bits per heavy atom. The van der Waals surface area contributed by atoms with E-state index in [0.717, 1.165) is 30.3 Å². The Labute approximate surface area is 173 Å². The number of halogens is 1. The fraction of sp³-hybridized carbons (Fsp3) is 0.348. The number of hydrogen-bond donors (Lipinski definition) is 2. The molecule has 3 aromatic rings. The third kappa shape index (κ3) is 2.88. The van der Waals surface area contributed by atoms with Crippen molar-refractivity contribution in [3.05, 3.63) is 65.7 Å². The van der Waals surface area contributed by atoms with E-state index in [0.29, 0.717) is 11.3 Å². The van der Waals surface area contributed by atoms with Crippen molar-refractivity contribution >= 4 is 23.0 Å². The molecule has 3 saturated carbocycles. The molecule has 1 aromatic carbocycles. The van der Waals surface area contributed by atoms with Crippen LogP contribution in [0.2, 0.25) is 0 Å². The van der Waals surface area contributed by atoms with Crippen molar-refractivity contribution < 1.29 is 14.0 Å². The van der Waals surface area contributed by atoms with Crippen molar-refractivity contribution in [2.45, 2.75) is 38.6 Å². The summed E-state index contributed by atoms with van der Waals surface area (Å²) in [5.41, 5.74) is 2.73. The maximum absolute atomic E-state index is 13.0. The molecule has 0 aliphatic heterocycles. The fourth-order valence-electron chi connectivity index (χ4n) is 5.09. The number of amides is 2. The number of anilines is 1. The van der Waals surface area contributed by atoms with E-state index < -0.39 is 0 Å². The van der Waals surface area contributed by atoms with Crippen LogP contribution in [0.25, 0.3) is 5.52 Å². The molecule has 3 fully saturated rings. The number of pyridine rings is 1. The molecule has 2 bridgehead atoms. The third-order valence-corrected chi connectivity index (χ3v) is 6.80. The normalized spacial score (nSPS) is 25.2. The van der Waals surface area contributed by atoms with Gasteiger partial charge in [0, 0.05) is 23.3 Å². The third-order valence-electron chi connectivity index (χ3n) is 6.80. The van der Waals surface area contributed by atoms with Crippen LogP contribution in [0.5, 0.6) is 0 Å². The van der Waals surface area contributed by atoms with Crippen LogP contribution in [0.15, 0.2) is 48.8 Å². The summed E-state index contributed by atoms with van der Waals surface area (Å²) in [5.74, 6) is -0.702. The van der Waals surface area contributed by atoms with Crippen molar-refractivity contribution in [1.29, 1.82) is 0 Å². The van der Waals surface area contributed by atoms with Gasteiger partial charge in [0.25, 0.3) is 5.91 Å². The van der Waals surface area contributed by atoms with Crippen LogP contribution in [-0.4, -0.2) is 27.0 Å². The predicted octanol–water partition coefficient (Wildman–Crippen LogP) is 3.71. The maximum atomic E-state index is 13.0. The molecule has 7 heteroatoms. The minimum absolute atomic E-state index is 0.0701. The largest absolute Gasteiger partial charge is 0.346 e. The zero-order valence-electron chi connectivity index (χ0n) is 16.9. The monoisotopic (exact) mass is 406 g/mol. The van der Waals surface area contributed by atoms with Gasteiger partial charge in [0.2, 0.25) is 5.91 Å². The predicted molar refractivity (Wildman–Crippen MR) is 111 cm³/mol. The van der Waals surface area contributed by atoms with Crippen LogP contribution in [-0.2, 0) is 4.79 Å². The van der Waals surface area contributed by atoms with Crippen molar-refractivity contribution in [2.75, 3.05) is 5.32 Å². The minimum atomic E-state index is -0.334. The minimum Gasteiger partial charge on any atom is -0.346 e. The van der Waals surface area contributed by atoms with Crippen molar-refractivity contribution in [1.82, 2.24) is 14.9 Å². The first-order valence-corrected chi connectivity index (χ1v) is 10.1. The topological polar surface area (TPSA) is 75.5 Å². The Kier molecular flexibility index (Phi) is 4.00. The SMILES string of the molecule is Cc1ccn2ncc(C(=O)NC34CC(C(C)C(=O)Nc5ccc(F)cc5)(C3)C4)c2c1. The summed E-state index contributed by atoms with van der Waals surface area (Å²) in [6.07, 6.45) is 5.83. The summed E-state index contributed by atoms with van der Waals surface area (Å²) in [6.45, 7) is 3.91. The van der Waals surface area contributed by atoms with Gasteiger partial charge >= 0.3 is 0 Å². The number of carbonyl (C=O) groups excluding carboxylic acids is 2. The van der Waals surface area contributed by atoms with Gasteiger partial charge < -0.3 is 10.6 Å². The van der Waals surface area contributed by atoms with Gasteiger partial charge in [-0.3, -0.25) is 9.59 Å². The zero-order chi connectivity index (χ0) is 21.1. The molecule has 1 unspecified atom stereocenters. The van der Waals surface area contributed by atoms with Gasteiger partial charge in [0.1, 0.15) is 5.82 Å². The summed E-state index contributed by atoms with van der Waals surface area (Å²) in [5, 5.41) is 10.3. The molecule has 3 aliphatic carbocycles. The quantitative estimate of drug-likeness (QED) is 0.678. The average Bonchev–Trinajstić information content (AvgIpc) is 3.07. The highest BCUT2D eigenvalue weighted by atomic mass is 19.1. The second kappa shape index (κ2) is 6.39. The summed E-state index contributed by atoms with van der Waals surface area (Å²) in [6, 6.07) is 9.67. The summed E-state index contributed by atoms with van der Waals surface area (Å²) < 4.78 is 14.7. The number of aryl methyl sites for hydroxylation is 1. The number of hydrogen-bond acceptors (Lipinski definition) is 3. The molecule has 2 heterocycles. The zero-order valence-corrected chi connectivity index (χ0v) is 16.9. The van der Waals surface area contributed by atoms with Crippen molar-refractivity contribution in [3.8, 4) is 0 Å². The Balaban J connectivity index is 1.22.